The molecule has 0 amide bonds. The maximum absolute atomic E-state index is 9.77. The number of phenols is 2. The molecule has 0 fully saturated rings. The summed E-state index contributed by atoms with van der Waals surface area (Å²) < 4.78 is 15.8. The van der Waals surface area contributed by atoms with Crippen LogP contribution in [0.15, 0.2) is 30.3 Å². The summed E-state index contributed by atoms with van der Waals surface area (Å²) in [6.45, 7) is 0. The molecule has 22 heavy (non-hydrogen) atoms. The van der Waals surface area contributed by atoms with Crippen molar-refractivity contribution < 1.29 is 24.4 Å². The Hall–Kier alpha value is -2.82. The van der Waals surface area contributed by atoms with Crippen LogP contribution < -0.4 is 14.2 Å². The smallest absolute Gasteiger partial charge is 0.203 e. The third-order valence-electron chi connectivity index (χ3n) is 3.19. The Bertz CT molecular complexity index is 646. The standard InChI is InChI=1S/C17H18O5/c1-20-15-9-11(10-16(21-2)17(15)22-3)7-8-12-13(18)5-4-6-14(12)19/h4-10,18-19H,1-3H3/b8-7+. The molecular formula is C17H18O5. The number of benzene rings is 2. The van der Waals surface area contributed by atoms with Crippen molar-refractivity contribution in [2.24, 2.45) is 0 Å². The summed E-state index contributed by atoms with van der Waals surface area (Å²) in [6.07, 6.45) is 3.35. The molecule has 0 aliphatic rings. The van der Waals surface area contributed by atoms with Crippen LogP contribution in [0.5, 0.6) is 28.7 Å². The minimum Gasteiger partial charge on any atom is -0.507 e. The molecule has 0 spiro atoms. The summed E-state index contributed by atoms with van der Waals surface area (Å²) >= 11 is 0. The second kappa shape index (κ2) is 6.76. The molecule has 0 aliphatic heterocycles. The molecule has 0 heterocycles. The van der Waals surface area contributed by atoms with Gasteiger partial charge in [0.05, 0.1) is 26.9 Å². The van der Waals surface area contributed by atoms with Crippen LogP contribution in [0.4, 0.5) is 0 Å². The predicted octanol–water partition coefficient (Wildman–Crippen LogP) is 3.29. The highest BCUT2D eigenvalue weighted by atomic mass is 16.5. The summed E-state index contributed by atoms with van der Waals surface area (Å²) in [5.41, 5.74) is 1.12. The molecule has 0 aromatic heterocycles. The molecule has 2 N–H and O–H groups in total. The summed E-state index contributed by atoms with van der Waals surface area (Å²) in [6, 6.07) is 8.13. The fraction of sp³-hybridized carbons (Fsp3) is 0.176. The molecule has 0 bridgehead atoms. The van der Waals surface area contributed by atoms with E-state index in [1.807, 2.05) is 0 Å². The van der Waals surface area contributed by atoms with Crippen LogP contribution in [-0.2, 0) is 0 Å². The van der Waals surface area contributed by atoms with E-state index in [9.17, 15) is 10.2 Å². The van der Waals surface area contributed by atoms with Crippen molar-refractivity contribution in [3.05, 3.63) is 41.5 Å². The zero-order chi connectivity index (χ0) is 16.1. The van der Waals surface area contributed by atoms with E-state index < -0.39 is 0 Å². The van der Waals surface area contributed by atoms with E-state index in [-0.39, 0.29) is 11.5 Å². The van der Waals surface area contributed by atoms with Crippen molar-refractivity contribution in [2.75, 3.05) is 21.3 Å². The molecule has 2 rings (SSSR count). The van der Waals surface area contributed by atoms with Crippen LogP contribution in [0.1, 0.15) is 11.1 Å². The zero-order valence-electron chi connectivity index (χ0n) is 12.7. The van der Waals surface area contributed by atoms with Crippen LogP contribution in [0.2, 0.25) is 0 Å². The fourth-order valence-electron chi connectivity index (χ4n) is 2.09. The number of methoxy groups -OCH3 is 3. The average molecular weight is 302 g/mol. The van der Waals surface area contributed by atoms with Crippen molar-refractivity contribution in [3.63, 3.8) is 0 Å². The van der Waals surface area contributed by atoms with Gasteiger partial charge in [0.15, 0.2) is 11.5 Å². The normalized spacial score (nSPS) is 10.7. The Kier molecular flexibility index (Phi) is 4.78. The lowest BCUT2D eigenvalue weighted by Gasteiger charge is -2.12. The lowest BCUT2D eigenvalue weighted by Crippen LogP contribution is -1.95. The zero-order valence-corrected chi connectivity index (χ0v) is 12.7. The van der Waals surface area contributed by atoms with E-state index in [1.54, 1.807) is 44.6 Å². The summed E-state index contributed by atoms with van der Waals surface area (Å²) in [7, 11) is 4.62. The second-order valence-corrected chi connectivity index (χ2v) is 4.50. The van der Waals surface area contributed by atoms with Crippen molar-refractivity contribution in [1.29, 1.82) is 0 Å². The number of hydrogen-bond donors (Lipinski definition) is 2. The molecule has 2 aromatic carbocycles. The maximum atomic E-state index is 9.77. The van der Waals surface area contributed by atoms with Gasteiger partial charge in [-0.2, -0.15) is 0 Å². The summed E-state index contributed by atoms with van der Waals surface area (Å²) in [5.74, 6) is 1.57. The highest BCUT2D eigenvalue weighted by Gasteiger charge is 2.12. The van der Waals surface area contributed by atoms with E-state index in [0.29, 0.717) is 22.8 Å². The van der Waals surface area contributed by atoms with E-state index in [4.69, 9.17) is 14.2 Å². The molecule has 0 atom stereocenters. The van der Waals surface area contributed by atoms with Gasteiger partial charge in [0.1, 0.15) is 11.5 Å². The Morgan fingerprint density at radius 2 is 1.36 bits per heavy atom. The molecule has 116 valence electrons. The largest absolute Gasteiger partial charge is 0.507 e. The van der Waals surface area contributed by atoms with Crippen LogP contribution in [0.25, 0.3) is 12.2 Å². The number of ether oxygens (including phenoxy) is 3. The monoisotopic (exact) mass is 302 g/mol. The van der Waals surface area contributed by atoms with Gasteiger partial charge in [-0.05, 0) is 35.9 Å². The number of aromatic hydroxyl groups is 2. The molecular weight excluding hydrogens is 284 g/mol. The van der Waals surface area contributed by atoms with Gasteiger partial charge in [-0.3, -0.25) is 0 Å². The van der Waals surface area contributed by atoms with Crippen molar-refractivity contribution in [1.82, 2.24) is 0 Å². The molecule has 0 unspecified atom stereocenters. The van der Waals surface area contributed by atoms with Gasteiger partial charge in [-0.25, -0.2) is 0 Å². The minimum atomic E-state index is 0.00342. The molecule has 2 aromatic rings. The van der Waals surface area contributed by atoms with Gasteiger partial charge >= 0.3 is 0 Å². The highest BCUT2D eigenvalue weighted by Crippen LogP contribution is 2.39. The number of hydrogen-bond acceptors (Lipinski definition) is 5. The first-order valence-electron chi connectivity index (χ1n) is 6.59. The first kappa shape index (κ1) is 15.6. The van der Waals surface area contributed by atoms with Gasteiger partial charge in [0, 0.05) is 0 Å². The third kappa shape index (κ3) is 3.09. The second-order valence-electron chi connectivity index (χ2n) is 4.50. The Labute approximate surface area is 129 Å². The van der Waals surface area contributed by atoms with Crippen molar-refractivity contribution >= 4 is 12.2 Å². The maximum Gasteiger partial charge on any atom is 0.203 e. The van der Waals surface area contributed by atoms with Crippen LogP contribution in [0.3, 0.4) is 0 Å². The highest BCUT2D eigenvalue weighted by molar-refractivity contribution is 5.77. The number of phenolic OH excluding ortho intramolecular Hbond substituents is 2. The minimum absolute atomic E-state index is 0.00342. The number of rotatable bonds is 5. The molecule has 0 saturated heterocycles. The van der Waals surface area contributed by atoms with Crippen LogP contribution in [-0.4, -0.2) is 31.5 Å². The molecule has 5 nitrogen and oxygen atoms in total. The quantitative estimate of drug-likeness (QED) is 0.829. The Morgan fingerprint density at radius 3 is 1.82 bits per heavy atom. The van der Waals surface area contributed by atoms with Gasteiger partial charge in [0.2, 0.25) is 5.75 Å². The third-order valence-corrected chi connectivity index (χ3v) is 3.19. The topological polar surface area (TPSA) is 68.2 Å². The van der Waals surface area contributed by atoms with Crippen LogP contribution >= 0.6 is 0 Å². The van der Waals surface area contributed by atoms with Crippen molar-refractivity contribution in [3.8, 4) is 28.7 Å². The van der Waals surface area contributed by atoms with Gasteiger partial charge in [-0.15, -0.1) is 0 Å². The Balaban J connectivity index is 2.43. The molecule has 5 heteroatoms. The average Bonchev–Trinajstić information content (AvgIpc) is 2.53. The molecule has 0 radical (unpaired) electrons. The van der Waals surface area contributed by atoms with Crippen LogP contribution in [0, 0.1) is 0 Å². The van der Waals surface area contributed by atoms with E-state index >= 15 is 0 Å². The Morgan fingerprint density at radius 1 is 0.818 bits per heavy atom. The predicted molar refractivity (Wildman–Crippen MR) is 84.8 cm³/mol. The lowest BCUT2D eigenvalue weighted by atomic mass is 10.1. The van der Waals surface area contributed by atoms with E-state index in [0.717, 1.165) is 5.56 Å². The first-order valence-corrected chi connectivity index (χ1v) is 6.59. The lowest BCUT2D eigenvalue weighted by molar-refractivity contribution is 0.324. The molecule has 0 saturated carbocycles. The van der Waals surface area contributed by atoms with E-state index in [1.165, 1.54) is 19.2 Å². The van der Waals surface area contributed by atoms with Crippen molar-refractivity contribution in [2.45, 2.75) is 0 Å². The molecule has 0 aliphatic carbocycles. The first-order chi connectivity index (χ1) is 10.6. The van der Waals surface area contributed by atoms with E-state index in [2.05, 4.69) is 0 Å². The summed E-state index contributed by atoms with van der Waals surface area (Å²) in [4.78, 5) is 0. The SMILES string of the molecule is COc1cc(/C=C/c2c(O)cccc2O)cc(OC)c1OC. The van der Waals surface area contributed by atoms with Gasteiger partial charge in [0.25, 0.3) is 0 Å². The van der Waals surface area contributed by atoms with Gasteiger partial charge in [-0.1, -0.05) is 12.1 Å². The summed E-state index contributed by atoms with van der Waals surface area (Å²) in [5, 5.41) is 19.5. The van der Waals surface area contributed by atoms with Gasteiger partial charge < -0.3 is 24.4 Å². The fourth-order valence-corrected chi connectivity index (χ4v) is 2.09.